The van der Waals surface area contributed by atoms with Gasteiger partial charge in [0.1, 0.15) is 0 Å². The molecule has 1 saturated heterocycles. The summed E-state index contributed by atoms with van der Waals surface area (Å²) in [5.41, 5.74) is 0. The molecule has 26 heavy (non-hydrogen) atoms. The van der Waals surface area contributed by atoms with Crippen LogP contribution in [0.5, 0.6) is 0 Å². The summed E-state index contributed by atoms with van der Waals surface area (Å²) in [5.74, 6) is 1.33. The third-order valence-electron chi connectivity index (χ3n) is 6.14. The van der Waals surface area contributed by atoms with Gasteiger partial charge >= 0.3 is 0 Å². The summed E-state index contributed by atoms with van der Waals surface area (Å²) in [6, 6.07) is -0.00460. The predicted octanol–water partition coefficient (Wildman–Crippen LogP) is 1.17. The molecule has 1 heterocycles. The van der Waals surface area contributed by atoms with E-state index in [4.69, 9.17) is 0 Å². The highest BCUT2D eigenvalue weighted by Gasteiger charge is 2.39. The molecule has 1 atom stereocenters. The van der Waals surface area contributed by atoms with Crippen LogP contribution in [0.3, 0.4) is 0 Å². The van der Waals surface area contributed by atoms with Crippen LogP contribution in [-0.4, -0.2) is 85.9 Å². The molecule has 3 fully saturated rings. The summed E-state index contributed by atoms with van der Waals surface area (Å²) in [4.78, 5) is 31.8. The Kier molecular flexibility index (Phi) is 6.92. The Morgan fingerprint density at radius 3 is 2.27 bits per heavy atom. The van der Waals surface area contributed by atoms with Gasteiger partial charge in [0, 0.05) is 38.6 Å². The lowest BCUT2D eigenvalue weighted by Gasteiger charge is -2.41. The van der Waals surface area contributed by atoms with Crippen molar-refractivity contribution >= 4 is 11.8 Å². The van der Waals surface area contributed by atoms with Crippen molar-refractivity contribution in [2.24, 2.45) is 11.8 Å². The van der Waals surface area contributed by atoms with Crippen LogP contribution in [-0.2, 0) is 9.59 Å². The molecular weight excluding hydrogens is 328 g/mol. The third kappa shape index (κ3) is 5.19. The minimum atomic E-state index is -0.00460. The molecule has 0 bridgehead atoms. The van der Waals surface area contributed by atoms with Gasteiger partial charge < -0.3 is 15.1 Å². The number of rotatable bonds is 8. The summed E-state index contributed by atoms with van der Waals surface area (Å²) >= 11 is 0. The zero-order valence-electron chi connectivity index (χ0n) is 16.6. The predicted molar refractivity (Wildman–Crippen MR) is 103 cm³/mol. The molecule has 3 rings (SSSR count). The normalized spacial score (nSPS) is 23.4. The maximum absolute atomic E-state index is 13.0. The average Bonchev–Trinajstić information content (AvgIpc) is 3.35. The van der Waals surface area contributed by atoms with Crippen LogP contribution in [0.15, 0.2) is 0 Å². The Hall–Kier alpha value is -1.14. The van der Waals surface area contributed by atoms with Crippen molar-refractivity contribution in [3.8, 4) is 0 Å². The Morgan fingerprint density at radius 2 is 1.69 bits per heavy atom. The van der Waals surface area contributed by atoms with Crippen molar-refractivity contribution in [2.45, 2.75) is 51.0 Å². The van der Waals surface area contributed by atoms with Crippen LogP contribution in [0.4, 0.5) is 0 Å². The van der Waals surface area contributed by atoms with Crippen LogP contribution in [0, 0.1) is 11.8 Å². The molecule has 2 saturated carbocycles. The smallest absolute Gasteiger partial charge is 0.237 e. The second-order valence-electron chi connectivity index (χ2n) is 8.57. The Bertz CT molecular complexity index is 478. The second-order valence-corrected chi connectivity index (χ2v) is 8.57. The highest BCUT2D eigenvalue weighted by atomic mass is 16.2. The van der Waals surface area contributed by atoms with Crippen molar-refractivity contribution in [1.82, 2.24) is 20.0 Å². The Balaban J connectivity index is 1.52. The summed E-state index contributed by atoms with van der Waals surface area (Å²) in [5, 5.41) is 3.19. The lowest BCUT2D eigenvalue weighted by atomic mass is 9.95. The fourth-order valence-corrected chi connectivity index (χ4v) is 4.47. The van der Waals surface area contributed by atoms with Gasteiger partial charge in [-0.1, -0.05) is 12.8 Å². The molecule has 0 aromatic heterocycles. The largest absolute Gasteiger partial charge is 0.355 e. The van der Waals surface area contributed by atoms with Gasteiger partial charge in [-0.25, -0.2) is 0 Å². The van der Waals surface area contributed by atoms with Crippen LogP contribution >= 0.6 is 0 Å². The van der Waals surface area contributed by atoms with Gasteiger partial charge in [-0.15, -0.1) is 0 Å². The topological polar surface area (TPSA) is 55.9 Å². The van der Waals surface area contributed by atoms with E-state index in [9.17, 15) is 9.59 Å². The third-order valence-corrected chi connectivity index (χ3v) is 6.14. The first-order chi connectivity index (χ1) is 12.6. The number of piperazine rings is 1. The first kappa shape index (κ1) is 19.6. The SMILES string of the molecule is CN(C)CCCNC(=O)C(C1CCCC1)N1CCN(C(=O)C2CC2)CC1. The van der Waals surface area contributed by atoms with E-state index in [1.54, 1.807) is 0 Å². The molecule has 0 aromatic carbocycles. The van der Waals surface area contributed by atoms with Crippen molar-refractivity contribution in [1.29, 1.82) is 0 Å². The minimum Gasteiger partial charge on any atom is -0.355 e. The van der Waals surface area contributed by atoms with E-state index in [1.165, 1.54) is 12.8 Å². The van der Waals surface area contributed by atoms with Crippen LogP contribution in [0.2, 0.25) is 0 Å². The number of carbonyl (C=O) groups excluding carboxylic acids is 2. The first-order valence-corrected chi connectivity index (χ1v) is 10.5. The lowest BCUT2D eigenvalue weighted by molar-refractivity contribution is -0.136. The minimum absolute atomic E-state index is 0.00460. The summed E-state index contributed by atoms with van der Waals surface area (Å²) in [6.07, 6.45) is 7.94. The number of nitrogens with zero attached hydrogens (tertiary/aromatic N) is 3. The van der Waals surface area contributed by atoms with Gasteiger partial charge in [0.15, 0.2) is 0 Å². The first-order valence-electron chi connectivity index (χ1n) is 10.5. The molecule has 148 valence electrons. The van der Waals surface area contributed by atoms with Crippen LogP contribution in [0.25, 0.3) is 0 Å². The molecule has 6 nitrogen and oxygen atoms in total. The molecule has 1 aliphatic heterocycles. The molecule has 6 heteroatoms. The summed E-state index contributed by atoms with van der Waals surface area (Å²) in [7, 11) is 4.12. The molecule has 0 radical (unpaired) electrons. The number of amides is 2. The molecule has 2 amide bonds. The van der Waals surface area contributed by atoms with Gasteiger partial charge in [-0.05, 0) is 58.7 Å². The van der Waals surface area contributed by atoms with Gasteiger partial charge in [0.2, 0.25) is 11.8 Å². The van der Waals surface area contributed by atoms with E-state index in [-0.39, 0.29) is 11.9 Å². The van der Waals surface area contributed by atoms with E-state index >= 15 is 0 Å². The molecule has 2 aliphatic carbocycles. The number of carbonyl (C=O) groups is 2. The van der Waals surface area contributed by atoms with Gasteiger partial charge in [-0.2, -0.15) is 0 Å². The lowest BCUT2D eigenvalue weighted by Crippen LogP contribution is -2.58. The quantitative estimate of drug-likeness (QED) is 0.657. The van der Waals surface area contributed by atoms with Crippen molar-refractivity contribution in [2.75, 3.05) is 53.4 Å². The van der Waals surface area contributed by atoms with E-state index in [1.807, 2.05) is 4.90 Å². The standard InChI is InChI=1S/C20H36N4O2/c1-22(2)11-5-10-21-19(25)18(16-6-3-4-7-16)23-12-14-24(15-13-23)20(26)17-8-9-17/h16-18H,3-15H2,1-2H3,(H,21,25). The van der Waals surface area contributed by atoms with E-state index in [2.05, 4.69) is 29.2 Å². The molecule has 3 aliphatic rings. The van der Waals surface area contributed by atoms with E-state index in [0.717, 1.165) is 71.4 Å². The summed E-state index contributed by atoms with van der Waals surface area (Å²) < 4.78 is 0. The Labute approximate surface area is 158 Å². The average molecular weight is 365 g/mol. The van der Waals surface area contributed by atoms with E-state index < -0.39 is 0 Å². The molecule has 0 aromatic rings. The fraction of sp³-hybridized carbons (Fsp3) is 0.900. The highest BCUT2D eigenvalue weighted by Crippen LogP contribution is 2.33. The maximum atomic E-state index is 13.0. The fourth-order valence-electron chi connectivity index (χ4n) is 4.47. The number of hydrogen-bond donors (Lipinski definition) is 1. The Morgan fingerprint density at radius 1 is 1.04 bits per heavy atom. The zero-order chi connectivity index (χ0) is 18.5. The van der Waals surface area contributed by atoms with Crippen LogP contribution < -0.4 is 5.32 Å². The van der Waals surface area contributed by atoms with Crippen molar-refractivity contribution in [3.05, 3.63) is 0 Å². The van der Waals surface area contributed by atoms with Crippen molar-refractivity contribution in [3.63, 3.8) is 0 Å². The van der Waals surface area contributed by atoms with E-state index in [0.29, 0.717) is 17.7 Å². The second kappa shape index (κ2) is 9.18. The van der Waals surface area contributed by atoms with Crippen molar-refractivity contribution < 1.29 is 9.59 Å². The van der Waals surface area contributed by atoms with Gasteiger partial charge in [0.25, 0.3) is 0 Å². The highest BCUT2D eigenvalue weighted by molar-refractivity contribution is 5.82. The zero-order valence-corrected chi connectivity index (χ0v) is 16.6. The monoisotopic (exact) mass is 364 g/mol. The van der Waals surface area contributed by atoms with Gasteiger partial charge in [-0.3, -0.25) is 14.5 Å². The molecular formula is C20H36N4O2. The maximum Gasteiger partial charge on any atom is 0.237 e. The summed E-state index contributed by atoms with van der Waals surface area (Å²) in [6.45, 7) is 4.99. The van der Waals surface area contributed by atoms with Gasteiger partial charge in [0.05, 0.1) is 6.04 Å². The number of nitrogens with one attached hydrogen (secondary N) is 1. The van der Waals surface area contributed by atoms with Crippen LogP contribution in [0.1, 0.15) is 44.9 Å². The molecule has 1 N–H and O–H groups in total. The molecule has 1 unspecified atom stereocenters. The number of hydrogen-bond acceptors (Lipinski definition) is 4. The molecule has 0 spiro atoms.